The summed E-state index contributed by atoms with van der Waals surface area (Å²) in [6.07, 6.45) is -0.944. The molecule has 0 unspecified atom stereocenters. The molecule has 8 nitrogen and oxygen atoms in total. The SMILES string of the molecule is CC[C@@H](C(=O)Nc1c(C)nn(Cc2cnn(CC)c2C)c1C)n1nc(C(F)(F)F)c2c1CCC2. The molecule has 0 aliphatic heterocycles. The Morgan fingerprint density at radius 2 is 1.85 bits per heavy atom. The first-order chi connectivity index (χ1) is 16.1. The fraction of sp³-hybridized carbons (Fsp3) is 0.565. The van der Waals surface area contributed by atoms with Crippen molar-refractivity contribution in [2.24, 2.45) is 0 Å². The summed E-state index contributed by atoms with van der Waals surface area (Å²) in [6, 6.07) is -0.838. The maximum Gasteiger partial charge on any atom is 0.435 e. The molecule has 0 spiro atoms. The smallest absolute Gasteiger partial charge is 0.321 e. The molecule has 11 heteroatoms. The van der Waals surface area contributed by atoms with Gasteiger partial charge in [-0.3, -0.25) is 18.8 Å². The molecule has 34 heavy (non-hydrogen) atoms. The van der Waals surface area contributed by atoms with E-state index in [0.29, 0.717) is 49.3 Å². The average molecular weight is 478 g/mol. The second kappa shape index (κ2) is 8.92. The van der Waals surface area contributed by atoms with Crippen LogP contribution in [-0.2, 0) is 36.9 Å². The van der Waals surface area contributed by atoms with Crippen molar-refractivity contribution in [3.8, 4) is 0 Å². The third-order valence-corrected chi connectivity index (χ3v) is 6.67. The second-order valence-electron chi connectivity index (χ2n) is 8.76. The van der Waals surface area contributed by atoms with Gasteiger partial charge in [0, 0.05) is 29.1 Å². The normalized spacial score (nSPS) is 14.5. The van der Waals surface area contributed by atoms with Crippen LogP contribution in [0.2, 0.25) is 0 Å². The van der Waals surface area contributed by atoms with Crippen LogP contribution >= 0.6 is 0 Å². The summed E-state index contributed by atoms with van der Waals surface area (Å²) in [7, 11) is 0. The minimum Gasteiger partial charge on any atom is -0.321 e. The molecule has 3 aromatic heterocycles. The lowest BCUT2D eigenvalue weighted by Crippen LogP contribution is -2.28. The number of aryl methyl sites for hydroxylation is 2. The van der Waals surface area contributed by atoms with Gasteiger partial charge >= 0.3 is 6.18 Å². The zero-order valence-corrected chi connectivity index (χ0v) is 20.1. The van der Waals surface area contributed by atoms with Crippen LogP contribution in [0.1, 0.15) is 72.3 Å². The van der Waals surface area contributed by atoms with Gasteiger partial charge < -0.3 is 5.32 Å². The van der Waals surface area contributed by atoms with Crippen molar-refractivity contribution < 1.29 is 18.0 Å². The molecule has 0 saturated heterocycles. The molecule has 0 radical (unpaired) electrons. The zero-order valence-electron chi connectivity index (χ0n) is 20.1. The highest BCUT2D eigenvalue weighted by Gasteiger charge is 2.41. The van der Waals surface area contributed by atoms with Crippen molar-refractivity contribution in [3.63, 3.8) is 0 Å². The third kappa shape index (κ3) is 4.12. The molecule has 1 atom stereocenters. The van der Waals surface area contributed by atoms with E-state index >= 15 is 0 Å². The molecule has 0 fully saturated rings. The molecule has 3 heterocycles. The standard InChI is InChI=1S/C23H30F3N7O/c1-6-18(33-19-10-8-9-17(19)21(30-33)23(24,25)26)22(34)28-20-13(3)29-32(15(20)5)12-16-11-27-31(7-2)14(16)4/h11,18H,6-10,12H2,1-5H3,(H,28,34)/t18-/m0/s1. The number of amides is 1. The molecule has 1 N–H and O–H groups in total. The first-order valence-electron chi connectivity index (χ1n) is 11.6. The van der Waals surface area contributed by atoms with Crippen LogP contribution in [0.3, 0.4) is 0 Å². The molecule has 0 bridgehead atoms. The maximum atomic E-state index is 13.5. The highest BCUT2D eigenvalue weighted by Crippen LogP contribution is 2.38. The fourth-order valence-electron chi connectivity index (χ4n) is 4.78. The number of anilines is 1. The van der Waals surface area contributed by atoms with E-state index in [1.165, 1.54) is 4.68 Å². The number of fused-ring (bicyclic) bond motifs is 1. The molecule has 1 aliphatic carbocycles. The van der Waals surface area contributed by atoms with Crippen molar-refractivity contribution >= 4 is 11.6 Å². The van der Waals surface area contributed by atoms with Crippen LogP contribution < -0.4 is 5.32 Å². The van der Waals surface area contributed by atoms with E-state index in [2.05, 4.69) is 20.6 Å². The number of carbonyl (C=O) groups is 1. The quantitative estimate of drug-likeness (QED) is 0.548. The Morgan fingerprint density at radius 3 is 2.47 bits per heavy atom. The van der Waals surface area contributed by atoms with Crippen LogP contribution in [0.4, 0.5) is 18.9 Å². The Labute approximate surface area is 196 Å². The summed E-state index contributed by atoms with van der Waals surface area (Å²) in [5.41, 5.74) is 3.94. The van der Waals surface area contributed by atoms with E-state index in [4.69, 9.17) is 0 Å². The molecule has 0 saturated carbocycles. The predicted molar refractivity (Wildman–Crippen MR) is 121 cm³/mol. The molecule has 0 aromatic carbocycles. The second-order valence-corrected chi connectivity index (χ2v) is 8.76. The number of hydrogen-bond donors (Lipinski definition) is 1. The zero-order chi connectivity index (χ0) is 24.8. The minimum atomic E-state index is -4.54. The number of halogens is 3. The van der Waals surface area contributed by atoms with E-state index in [1.807, 2.05) is 36.3 Å². The molecule has 1 aliphatic rings. The third-order valence-electron chi connectivity index (χ3n) is 6.67. The van der Waals surface area contributed by atoms with Gasteiger partial charge in [-0.15, -0.1) is 0 Å². The van der Waals surface area contributed by atoms with Gasteiger partial charge in [0.15, 0.2) is 5.69 Å². The molecule has 4 rings (SSSR count). The molecule has 3 aromatic rings. The number of carbonyl (C=O) groups excluding carboxylic acids is 1. The van der Waals surface area contributed by atoms with Gasteiger partial charge in [-0.2, -0.15) is 28.5 Å². The lowest BCUT2D eigenvalue weighted by molar-refractivity contribution is -0.142. The molecular formula is C23H30F3N7O. The van der Waals surface area contributed by atoms with Crippen molar-refractivity contribution in [2.75, 3.05) is 5.32 Å². The van der Waals surface area contributed by atoms with E-state index < -0.39 is 23.8 Å². The highest BCUT2D eigenvalue weighted by atomic mass is 19.4. The molecular weight excluding hydrogens is 447 g/mol. The summed E-state index contributed by atoms with van der Waals surface area (Å²) in [4.78, 5) is 13.3. The Balaban J connectivity index is 1.60. The highest BCUT2D eigenvalue weighted by molar-refractivity contribution is 5.94. The van der Waals surface area contributed by atoms with Gasteiger partial charge in [-0.05, 0) is 53.4 Å². The number of hydrogen-bond acceptors (Lipinski definition) is 4. The van der Waals surface area contributed by atoms with Crippen LogP contribution in [0.5, 0.6) is 0 Å². The van der Waals surface area contributed by atoms with Crippen molar-refractivity contribution in [2.45, 2.75) is 85.6 Å². The first kappa shape index (κ1) is 24.0. The molecule has 1 amide bonds. The fourth-order valence-corrected chi connectivity index (χ4v) is 4.78. The van der Waals surface area contributed by atoms with Crippen molar-refractivity contribution in [1.82, 2.24) is 29.3 Å². The Kier molecular flexibility index (Phi) is 6.30. The molecule has 184 valence electrons. The summed E-state index contributed by atoms with van der Waals surface area (Å²) in [6.45, 7) is 10.8. The Morgan fingerprint density at radius 1 is 1.12 bits per heavy atom. The van der Waals surface area contributed by atoms with Gasteiger partial charge in [0.25, 0.3) is 0 Å². The van der Waals surface area contributed by atoms with Crippen LogP contribution in [0.15, 0.2) is 6.20 Å². The Hall–Kier alpha value is -3.11. The largest absolute Gasteiger partial charge is 0.435 e. The van der Waals surface area contributed by atoms with Crippen LogP contribution in [-0.4, -0.2) is 35.2 Å². The van der Waals surface area contributed by atoms with E-state index in [1.54, 1.807) is 13.8 Å². The summed E-state index contributed by atoms with van der Waals surface area (Å²) >= 11 is 0. The van der Waals surface area contributed by atoms with E-state index in [0.717, 1.165) is 23.5 Å². The van der Waals surface area contributed by atoms with E-state index in [-0.39, 0.29) is 5.56 Å². The monoisotopic (exact) mass is 477 g/mol. The number of nitrogens with one attached hydrogen (secondary N) is 1. The van der Waals surface area contributed by atoms with Crippen molar-refractivity contribution in [3.05, 3.63) is 45.8 Å². The van der Waals surface area contributed by atoms with Gasteiger partial charge in [0.2, 0.25) is 5.91 Å². The number of nitrogens with zero attached hydrogens (tertiary/aromatic N) is 6. The topological polar surface area (TPSA) is 82.6 Å². The summed E-state index contributed by atoms with van der Waals surface area (Å²) in [5, 5.41) is 15.7. The summed E-state index contributed by atoms with van der Waals surface area (Å²) in [5.74, 6) is -0.394. The number of rotatable bonds is 7. The minimum absolute atomic E-state index is 0.224. The first-order valence-corrected chi connectivity index (χ1v) is 11.6. The lowest BCUT2D eigenvalue weighted by Gasteiger charge is -2.18. The lowest BCUT2D eigenvalue weighted by atomic mass is 10.1. The number of aromatic nitrogens is 6. The van der Waals surface area contributed by atoms with Crippen LogP contribution in [0, 0.1) is 20.8 Å². The van der Waals surface area contributed by atoms with Gasteiger partial charge in [0.1, 0.15) is 6.04 Å². The van der Waals surface area contributed by atoms with E-state index in [9.17, 15) is 18.0 Å². The van der Waals surface area contributed by atoms with Gasteiger partial charge in [-0.1, -0.05) is 6.92 Å². The van der Waals surface area contributed by atoms with Crippen LogP contribution in [0.25, 0.3) is 0 Å². The van der Waals surface area contributed by atoms with Crippen molar-refractivity contribution in [1.29, 1.82) is 0 Å². The average Bonchev–Trinajstić information content (AvgIpc) is 3.51. The number of alkyl halides is 3. The maximum absolute atomic E-state index is 13.5. The predicted octanol–water partition coefficient (Wildman–Crippen LogP) is 4.37. The van der Waals surface area contributed by atoms with Gasteiger partial charge in [0.05, 0.1) is 29.8 Å². The summed E-state index contributed by atoms with van der Waals surface area (Å²) < 4.78 is 45.6. The van der Waals surface area contributed by atoms with Gasteiger partial charge in [-0.25, -0.2) is 0 Å². The Bertz CT molecular complexity index is 1220.